The van der Waals surface area contributed by atoms with Crippen molar-refractivity contribution < 1.29 is 28.5 Å². The third kappa shape index (κ3) is 5.55. The van der Waals surface area contributed by atoms with Crippen LogP contribution in [0.15, 0.2) is 42.7 Å². The Kier molecular flexibility index (Phi) is 7.02. The molecule has 8 heteroatoms. The number of esters is 1. The standard InChI is InChI=1S/C16H21NO5.C6H5NO/c1-16(2)21-13-6-4-5-12(14(13)15(18)22-16)20-10-11-9-19-8-7-17(11)3;8-5-6-2-1-3-7-4-6/h4-6,11H,7-10H2,1-3H3;1-5H. The summed E-state index contributed by atoms with van der Waals surface area (Å²) in [6, 6.07) is 8.92. The minimum atomic E-state index is -0.958. The topological polar surface area (TPSA) is 87.2 Å². The van der Waals surface area contributed by atoms with E-state index >= 15 is 0 Å². The number of fused-ring (bicyclic) bond motifs is 1. The van der Waals surface area contributed by atoms with Crippen LogP contribution in [-0.4, -0.2) is 67.4 Å². The summed E-state index contributed by atoms with van der Waals surface area (Å²) >= 11 is 0. The number of aldehydes is 1. The first-order valence-corrected chi connectivity index (χ1v) is 9.71. The van der Waals surface area contributed by atoms with Gasteiger partial charge in [0, 0.05) is 38.3 Å². The predicted octanol–water partition coefficient (Wildman–Crippen LogP) is 2.58. The van der Waals surface area contributed by atoms with E-state index in [2.05, 4.69) is 9.88 Å². The highest BCUT2D eigenvalue weighted by molar-refractivity contribution is 5.96. The average molecular weight is 414 g/mol. The van der Waals surface area contributed by atoms with Gasteiger partial charge in [-0.25, -0.2) is 4.79 Å². The molecule has 2 aliphatic heterocycles. The smallest absolute Gasteiger partial charge is 0.349 e. The molecule has 1 fully saturated rings. The van der Waals surface area contributed by atoms with Crippen molar-refractivity contribution in [2.75, 3.05) is 33.4 Å². The van der Waals surface area contributed by atoms with Gasteiger partial charge in [-0.1, -0.05) is 6.07 Å². The van der Waals surface area contributed by atoms with E-state index in [1.807, 2.05) is 13.1 Å². The van der Waals surface area contributed by atoms with Gasteiger partial charge in [0.05, 0.1) is 19.3 Å². The second kappa shape index (κ2) is 9.69. The van der Waals surface area contributed by atoms with Crippen LogP contribution in [0.1, 0.15) is 34.6 Å². The number of nitrogens with zero attached hydrogens (tertiary/aromatic N) is 2. The third-order valence-corrected chi connectivity index (χ3v) is 4.66. The van der Waals surface area contributed by atoms with Crippen molar-refractivity contribution >= 4 is 12.3 Å². The zero-order chi connectivity index (χ0) is 21.6. The van der Waals surface area contributed by atoms with Crippen LogP contribution in [0.4, 0.5) is 0 Å². The summed E-state index contributed by atoms with van der Waals surface area (Å²) in [6.45, 7) is 6.10. The molecule has 0 spiro atoms. The number of hydrogen-bond donors (Lipinski definition) is 0. The van der Waals surface area contributed by atoms with E-state index in [9.17, 15) is 9.59 Å². The molecule has 1 saturated heterocycles. The Hall–Kier alpha value is -2.97. The van der Waals surface area contributed by atoms with Crippen molar-refractivity contribution in [1.29, 1.82) is 0 Å². The fourth-order valence-corrected chi connectivity index (χ4v) is 3.02. The van der Waals surface area contributed by atoms with E-state index < -0.39 is 11.8 Å². The lowest BCUT2D eigenvalue weighted by atomic mass is 10.1. The molecule has 1 aromatic carbocycles. The second-order valence-electron chi connectivity index (χ2n) is 7.45. The molecule has 0 amide bonds. The quantitative estimate of drug-likeness (QED) is 0.557. The van der Waals surface area contributed by atoms with Gasteiger partial charge in [-0.05, 0) is 31.3 Å². The van der Waals surface area contributed by atoms with Gasteiger partial charge >= 0.3 is 5.97 Å². The highest BCUT2D eigenvalue weighted by Crippen LogP contribution is 2.36. The molecule has 30 heavy (non-hydrogen) atoms. The van der Waals surface area contributed by atoms with Gasteiger partial charge in [-0.3, -0.25) is 14.7 Å². The molecule has 3 heterocycles. The molecule has 4 rings (SSSR count). The maximum atomic E-state index is 12.2. The van der Waals surface area contributed by atoms with Gasteiger partial charge in [0.2, 0.25) is 5.79 Å². The zero-order valence-corrected chi connectivity index (χ0v) is 17.4. The molecule has 2 aromatic rings. The Labute approximate surface area is 175 Å². The number of hydrogen-bond acceptors (Lipinski definition) is 8. The SMILES string of the molecule is CN1CCOCC1COc1cccc2c1C(=O)OC(C)(C)O2.O=Cc1cccnc1. The minimum Gasteiger partial charge on any atom is -0.491 e. The average Bonchev–Trinajstić information content (AvgIpc) is 2.73. The lowest BCUT2D eigenvalue weighted by Crippen LogP contribution is -2.46. The van der Waals surface area contributed by atoms with Gasteiger partial charge in [-0.15, -0.1) is 0 Å². The van der Waals surface area contributed by atoms with E-state index in [0.717, 1.165) is 19.4 Å². The van der Waals surface area contributed by atoms with E-state index in [-0.39, 0.29) is 6.04 Å². The van der Waals surface area contributed by atoms with Crippen molar-refractivity contribution in [1.82, 2.24) is 9.88 Å². The summed E-state index contributed by atoms with van der Waals surface area (Å²) in [7, 11) is 2.04. The lowest BCUT2D eigenvalue weighted by molar-refractivity contribution is -0.127. The van der Waals surface area contributed by atoms with Gasteiger partial charge in [-0.2, -0.15) is 0 Å². The molecular weight excluding hydrogens is 388 g/mol. The molecule has 0 bridgehead atoms. The Balaban J connectivity index is 0.000000269. The van der Waals surface area contributed by atoms with Crippen molar-refractivity contribution in [3.8, 4) is 11.5 Å². The van der Waals surface area contributed by atoms with Crippen LogP contribution in [0.3, 0.4) is 0 Å². The Morgan fingerprint density at radius 3 is 2.77 bits per heavy atom. The van der Waals surface area contributed by atoms with Gasteiger partial charge in [0.25, 0.3) is 0 Å². The van der Waals surface area contributed by atoms with Gasteiger partial charge in [0.1, 0.15) is 23.7 Å². The molecule has 8 nitrogen and oxygen atoms in total. The molecule has 2 aliphatic rings. The van der Waals surface area contributed by atoms with Crippen molar-refractivity contribution in [2.45, 2.75) is 25.7 Å². The third-order valence-electron chi connectivity index (χ3n) is 4.66. The summed E-state index contributed by atoms with van der Waals surface area (Å²) < 4.78 is 22.3. The summed E-state index contributed by atoms with van der Waals surface area (Å²) in [5.74, 6) is -0.404. The fraction of sp³-hybridized carbons (Fsp3) is 0.409. The van der Waals surface area contributed by atoms with E-state index in [0.29, 0.717) is 35.8 Å². The Morgan fingerprint density at radius 1 is 1.27 bits per heavy atom. The zero-order valence-electron chi connectivity index (χ0n) is 17.4. The molecule has 1 atom stereocenters. The first-order valence-electron chi connectivity index (χ1n) is 9.71. The number of benzene rings is 1. The monoisotopic (exact) mass is 414 g/mol. The van der Waals surface area contributed by atoms with E-state index in [1.54, 1.807) is 44.3 Å². The van der Waals surface area contributed by atoms with Crippen molar-refractivity contribution in [3.63, 3.8) is 0 Å². The highest BCUT2D eigenvalue weighted by Gasteiger charge is 2.36. The normalized spacial score (nSPS) is 20.0. The molecule has 0 radical (unpaired) electrons. The number of cyclic esters (lactones) is 1. The summed E-state index contributed by atoms with van der Waals surface area (Å²) in [5.41, 5.74) is 0.966. The van der Waals surface area contributed by atoms with Crippen LogP contribution < -0.4 is 9.47 Å². The molecular formula is C22H26N2O6. The number of pyridine rings is 1. The van der Waals surface area contributed by atoms with Crippen molar-refractivity contribution in [3.05, 3.63) is 53.9 Å². The predicted molar refractivity (Wildman–Crippen MR) is 109 cm³/mol. The lowest BCUT2D eigenvalue weighted by Gasteiger charge is -2.34. The molecule has 0 aliphatic carbocycles. The number of aromatic nitrogens is 1. The van der Waals surface area contributed by atoms with Crippen molar-refractivity contribution in [2.24, 2.45) is 0 Å². The van der Waals surface area contributed by atoms with Crippen LogP contribution in [0.25, 0.3) is 0 Å². The van der Waals surface area contributed by atoms with E-state index in [4.69, 9.17) is 18.9 Å². The summed E-state index contributed by atoms with van der Waals surface area (Å²) in [6.07, 6.45) is 3.92. The highest BCUT2D eigenvalue weighted by atomic mass is 16.7. The summed E-state index contributed by atoms with van der Waals surface area (Å²) in [4.78, 5) is 28.1. The Morgan fingerprint density at radius 2 is 2.10 bits per heavy atom. The first-order chi connectivity index (χ1) is 14.4. The number of ether oxygens (including phenoxy) is 4. The molecule has 0 saturated carbocycles. The summed E-state index contributed by atoms with van der Waals surface area (Å²) in [5, 5.41) is 0. The number of carbonyl (C=O) groups is 2. The largest absolute Gasteiger partial charge is 0.491 e. The van der Waals surface area contributed by atoms with Crippen LogP contribution >= 0.6 is 0 Å². The number of rotatable bonds is 4. The second-order valence-corrected chi connectivity index (χ2v) is 7.45. The maximum Gasteiger partial charge on any atom is 0.349 e. The molecule has 1 aromatic heterocycles. The van der Waals surface area contributed by atoms with Gasteiger partial charge in [0.15, 0.2) is 6.29 Å². The van der Waals surface area contributed by atoms with Crippen LogP contribution in [-0.2, 0) is 9.47 Å². The van der Waals surface area contributed by atoms with Gasteiger partial charge < -0.3 is 18.9 Å². The number of morpholine rings is 1. The Bertz CT molecular complexity index is 871. The number of carbonyl (C=O) groups excluding carboxylic acids is 2. The minimum absolute atomic E-state index is 0.168. The number of likely N-dealkylation sites (N-methyl/N-ethyl adjacent to an activating group) is 1. The van der Waals surface area contributed by atoms with Crippen LogP contribution in [0.2, 0.25) is 0 Å². The fourth-order valence-electron chi connectivity index (χ4n) is 3.02. The molecule has 1 unspecified atom stereocenters. The van der Waals surface area contributed by atoms with Crippen LogP contribution in [0.5, 0.6) is 11.5 Å². The molecule has 0 N–H and O–H groups in total. The van der Waals surface area contributed by atoms with Crippen LogP contribution in [0, 0.1) is 0 Å². The molecule has 160 valence electrons. The maximum absolute atomic E-state index is 12.2. The van der Waals surface area contributed by atoms with E-state index in [1.165, 1.54) is 6.20 Å². The first kappa shape index (κ1) is 21.7.